The van der Waals surface area contributed by atoms with E-state index < -0.39 is 35.6 Å². The van der Waals surface area contributed by atoms with Gasteiger partial charge in [0.25, 0.3) is 0 Å². The van der Waals surface area contributed by atoms with Gasteiger partial charge in [0.15, 0.2) is 0 Å². The zero-order valence-electron chi connectivity index (χ0n) is 24.4. The highest BCUT2D eigenvalue weighted by Gasteiger charge is 2.67. The van der Waals surface area contributed by atoms with Gasteiger partial charge in [-0.1, -0.05) is 19.8 Å². The van der Waals surface area contributed by atoms with Crippen molar-refractivity contribution in [2.75, 3.05) is 12.9 Å². The fourth-order valence-electron chi connectivity index (χ4n) is 7.19. The van der Waals surface area contributed by atoms with Crippen molar-refractivity contribution in [3.05, 3.63) is 23.1 Å². The molecule has 0 spiro atoms. The number of nitrogens with zero attached hydrogens (tertiary/aromatic N) is 3. The number of aromatic nitrogens is 2. The third-order valence-corrected chi connectivity index (χ3v) is 11.2. The average Bonchev–Trinajstić information content (AvgIpc) is 3.61. The average molecular weight is 618 g/mol. The first-order valence-electron chi connectivity index (χ1n) is 15.0. The van der Waals surface area contributed by atoms with Gasteiger partial charge in [-0.2, -0.15) is 0 Å². The lowest BCUT2D eigenvalue weighted by Gasteiger charge is -2.50. The van der Waals surface area contributed by atoms with Crippen LogP contribution >= 0.6 is 23.1 Å². The highest BCUT2D eigenvalue weighted by Crippen LogP contribution is 2.59. The zero-order chi connectivity index (χ0) is 29.6. The molecule has 1 N–H and O–H groups in total. The first-order valence-corrected chi connectivity index (χ1v) is 17.1. The molecule has 2 aromatic rings. The molecule has 6 rings (SSSR count). The van der Waals surface area contributed by atoms with Crippen LogP contribution in [0, 0.1) is 11.3 Å². The second kappa shape index (κ2) is 11.8. The van der Waals surface area contributed by atoms with E-state index in [1.54, 1.807) is 13.3 Å². The van der Waals surface area contributed by atoms with Crippen molar-refractivity contribution in [1.29, 1.82) is 0 Å². The summed E-state index contributed by atoms with van der Waals surface area (Å²) in [5.74, 6) is -1.63. The number of imidazole rings is 1. The molecule has 42 heavy (non-hydrogen) atoms. The van der Waals surface area contributed by atoms with E-state index in [0.29, 0.717) is 5.57 Å². The lowest BCUT2D eigenvalue weighted by atomic mass is 9.67. The Bertz CT molecular complexity index is 1390. The Kier molecular flexibility index (Phi) is 8.32. The molecule has 1 saturated heterocycles. The molecular formula is C30H39N3O7S2. The number of thioether (sulfide) groups is 1. The van der Waals surface area contributed by atoms with Crippen molar-refractivity contribution in [2.45, 2.75) is 107 Å². The van der Waals surface area contributed by atoms with Gasteiger partial charge in [-0.3, -0.25) is 9.20 Å². The number of aliphatic hydroxyl groups excluding tert-OH is 1. The van der Waals surface area contributed by atoms with Gasteiger partial charge in [0.2, 0.25) is 5.91 Å². The van der Waals surface area contributed by atoms with Crippen LogP contribution in [0.4, 0.5) is 4.79 Å². The highest BCUT2D eigenvalue weighted by molar-refractivity contribution is 7.98. The van der Waals surface area contributed by atoms with Gasteiger partial charge in [-0.25, -0.2) is 14.6 Å². The van der Waals surface area contributed by atoms with Crippen molar-refractivity contribution in [3.8, 4) is 0 Å². The molecule has 2 aliphatic heterocycles. The number of aliphatic hydroxyl groups is 1. The van der Waals surface area contributed by atoms with E-state index in [2.05, 4.69) is 4.98 Å². The van der Waals surface area contributed by atoms with Crippen LogP contribution in [0.5, 0.6) is 0 Å². The normalized spacial score (nSPS) is 27.6. The summed E-state index contributed by atoms with van der Waals surface area (Å²) in [5.41, 5.74) is -0.226. The Morgan fingerprint density at radius 2 is 1.76 bits per heavy atom. The van der Waals surface area contributed by atoms with Gasteiger partial charge in [0, 0.05) is 11.8 Å². The molecule has 2 saturated carbocycles. The van der Waals surface area contributed by atoms with Crippen molar-refractivity contribution in [1.82, 2.24) is 14.3 Å². The Morgan fingerprint density at radius 3 is 2.38 bits per heavy atom. The topological polar surface area (TPSA) is 120 Å². The summed E-state index contributed by atoms with van der Waals surface area (Å²) < 4.78 is 19.4. The molecule has 12 heteroatoms. The van der Waals surface area contributed by atoms with Crippen LogP contribution in [0.15, 0.2) is 23.2 Å². The van der Waals surface area contributed by atoms with Gasteiger partial charge in [-0.15, -0.1) is 23.1 Å². The summed E-state index contributed by atoms with van der Waals surface area (Å²) in [7, 11) is 0. The first-order chi connectivity index (χ1) is 20.2. The standard InChI is InChI=1S/C30H39N3O7S2/c1-17(34)21-24-30(2,15-38-29(37)40-19-12-8-5-9-13-19)22(20-14-32-16-31-25(41-3)27(32)42-20)23(33(24)26(21)35)28(36)39-18-10-6-4-7-11-18/h14,16-19,21,24,34H,4-13,15H2,1-3H3/t17-,21-,24-,30+/m1/s1. The maximum absolute atomic E-state index is 14.0. The molecule has 2 aliphatic carbocycles. The number of amides is 1. The monoisotopic (exact) mass is 617 g/mol. The summed E-state index contributed by atoms with van der Waals surface area (Å²) in [6.45, 7) is 3.37. The molecule has 10 nitrogen and oxygen atoms in total. The van der Waals surface area contributed by atoms with E-state index in [0.717, 1.165) is 78.9 Å². The smallest absolute Gasteiger partial charge is 0.458 e. The van der Waals surface area contributed by atoms with Crippen molar-refractivity contribution >= 4 is 51.5 Å². The summed E-state index contributed by atoms with van der Waals surface area (Å²) >= 11 is 3.00. The number of carbonyl (C=O) groups excluding carboxylic acids is 3. The molecule has 228 valence electrons. The Morgan fingerprint density at radius 1 is 1.12 bits per heavy atom. The summed E-state index contributed by atoms with van der Waals surface area (Å²) in [5, 5.41) is 11.5. The van der Waals surface area contributed by atoms with Crippen LogP contribution in [0.1, 0.15) is 82.9 Å². The zero-order valence-corrected chi connectivity index (χ0v) is 26.0. The SMILES string of the molecule is CSc1ncn2cc(C3=C(C(=O)OC4CCCCC4)N4C(=O)[C@H]([C@@H](C)O)[C@@H]4[C@@]3(C)COC(=O)OC3CCCCC3)sc12. The van der Waals surface area contributed by atoms with Crippen LogP contribution in [0.25, 0.3) is 10.4 Å². The largest absolute Gasteiger partial charge is 0.508 e. The highest BCUT2D eigenvalue weighted by atomic mass is 32.2. The Hall–Kier alpha value is -2.57. The van der Waals surface area contributed by atoms with Gasteiger partial charge < -0.3 is 24.2 Å². The number of β-lactam (4-membered cyclic amide) rings is 1. The number of thiazole rings is 1. The van der Waals surface area contributed by atoms with Crippen LogP contribution in [0.2, 0.25) is 0 Å². The molecule has 0 aromatic carbocycles. The number of rotatable bonds is 8. The molecule has 4 atom stereocenters. The van der Waals surface area contributed by atoms with Crippen molar-refractivity contribution in [2.24, 2.45) is 11.3 Å². The molecule has 4 aliphatic rings. The fraction of sp³-hybridized carbons (Fsp3) is 0.667. The summed E-state index contributed by atoms with van der Waals surface area (Å²) in [6.07, 6.45) is 13.0. The molecule has 0 unspecified atom stereocenters. The Labute approximate surface area is 253 Å². The number of carbonyl (C=O) groups is 3. The third-order valence-electron chi connectivity index (χ3n) is 9.31. The molecule has 4 heterocycles. The maximum atomic E-state index is 14.0. The van der Waals surface area contributed by atoms with Gasteiger partial charge >= 0.3 is 12.1 Å². The van der Waals surface area contributed by atoms with Crippen LogP contribution in [0.3, 0.4) is 0 Å². The number of fused-ring (bicyclic) bond motifs is 2. The van der Waals surface area contributed by atoms with E-state index in [1.807, 2.05) is 23.8 Å². The lowest BCUT2D eigenvalue weighted by Crippen LogP contribution is -2.67. The van der Waals surface area contributed by atoms with E-state index in [9.17, 15) is 19.5 Å². The molecular weight excluding hydrogens is 578 g/mol. The fourth-order valence-corrected chi connectivity index (χ4v) is 9.15. The third kappa shape index (κ3) is 5.13. The second-order valence-corrected chi connectivity index (χ2v) is 14.0. The summed E-state index contributed by atoms with van der Waals surface area (Å²) in [6, 6.07) is -0.587. The maximum Gasteiger partial charge on any atom is 0.508 e. The second-order valence-electron chi connectivity index (χ2n) is 12.2. The minimum atomic E-state index is -1.00. The van der Waals surface area contributed by atoms with E-state index in [1.165, 1.54) is 28.0 Å². The van der Waals surface area contributed by atoms with Crippen LogP contribution < -0.4 is 0 Å². The number of esters is 1. The lowest BCUT2D eigenvalue weighted by molar-refractivity contribution is -0.170. The quantitative estimate of drug-likeness (QED) is 0.235. The number of hydrogen-bond donors (Lipinski definition) is 1. The predicted octanol–water partition coefficient (Wildman–Crippen LogP) is 5.42. The van der Waals surface area contributed by atoms with Gasteiger partial charge in [-0.05, 0) is 64.5 Å². The Balaban J connectivity index is 1.40. The molecule has 0 radical (unpaired) electrons. The number of hydrogen-bond acceptors (Lipinski definition) is 10. The van der Waals surface area contributed by atoms with E-state index in [4.69, 9.17) is 14.2 Å². The molecule has 0 bridgehead atoms. The first kappa shape index (κ1) is 29.5. The van der Waals surface area contributed by atoms with E-state index in [-0.39, 0.29) is 30.4 Å². The minimum absolute atomic E-state index is 0.119. The van der Waals surface area contributed by atoms with Gasteiger partial charge in [0.1, 0.15) is 40.7 Å². The van der Waals surface area contributed by atoms with E-state index >= 15 is 0 Å². The minimum Gasteiger partial charge on any atom is -0.458 e. The van der Waals surface area contributed by atoms with Crippen LogP contribution in [-0.4, -0.2) is 74.6 Å². The molecule has 2 aromatic heterocycles. The van der Waals surface area contributed by atoms with Crippen molar-refractivity contribution < 1.29 is 33.7 Å². The predicted molar refractivity (Wildman–Crippen MR) is 158 cm³/mol. The summed E-state index contributed by atoms with van der Waals surface area (Å²) in [4.78, 5) is 48.1. The molecule has 1 amide bonds. The van der Waals surface area contributed by atoms with Crippen molar-refractivity contribution in [3.63, 3.8) is 0 Å². The van der Waals surface area contributed by atoms with Crippen LogP contribution in [-0.2, 0) is 23.8 Å². The number of ether oxygens (including phenoxy) is 3. The molecule has 3 fully saturated rings. The van der Waals surface area contributed by atoms with Gasteiger partial charge in [0.05, 0.1) is 28.4 Å².